The lowest BCUT2D eigenvalue weighted by molar-refractivity contribution is -0.189. The van der Waals surface area contributed by atoms with Gasteiger partial charge in [0, 0.05) is 17.0 Å². The first kappa shape index (κ1) is 19.6. The number of fused-ring (bicyclic) bond motifs is 3. The van der Waals surface area contributed by atoms with Gasteiger partial charge in [-0.15, -0.1) is 5.10 Å². The maximum atomic E-state index is 13.3. The predicted molar refractivity (Wildman–Crippen MR) is 101 cm³/mol. The van der Waals surface area contributed by atoms with E-state index in [-0.39, 0.29) is 6.54 Å². The monoisotopic (exact) mass is 405 g/mol. The van der Waals surface area contributed by atoms with E-state index in [1.54, 1.807) is 4.52 Å². The number of amides is 1. The van der Waals surface area contributed by atoms with E-state index in [1.165, 1.54) is 0 Å². The Labute approximate surface area is 165 Å². The third-order valence-corrected chi connectivity index (χ3v) is 5.67. The maximum absolute atomic E-state index is 13.3. The highest BCUT2D eigenvalue weighted by atomic mass is 19.4. The number of pyridine rings is 1. The molecule has 0 radical (unpaired) electrons. The van der Waals surface area contributed by atoms with E-state index in [9.17, 15) is 18.0 Å². The molecule has 6 nitrogen and oxygen atoms in total. The summed E-state index contributed by atoms with van der Waals surface area (Å²) in [5.74, 6) is -1.80. The zero-order valence-corrected chi connectivity index (χ0v) is 16.3. The Morgan fingerprint density at radius 1 is 1.17 bits per heavy atom. The molecular weight excluding hydrogens is 383 g/mol. The number of carbonyl (C=O) groups is 1. The maximum Gasteiger partial charge on any atom is 0.471 e. The van der Waals surface area contributed by atoms with Gasteiger partial charge < -0.3 is 4.90 Å². The zero-order chi connectivity index (χ0) is 20.8. The number of rotatable bonds is 3. The van der Waals surface area contributed by atoms with Crippen molar-refractivity contribution < 1.29 is 18.0 Å². The number of tetrazole rings is 1. The van der Waals surface area contributed by atoms with Crippen LogP contribution in [0.3, 0.4) is 0 Å². The van der Waals surface area contributed by atoms with E-state index in [2.05, 4.69) is 15.5 Å². The van der Waals surface area contributed by atoms with Crippen LogP contribution in [0, 0.1) is 13.8 Å². The number of benzene rings is 1. The molecule has 0 spiro atoms. The minimum atomic E-state index is -4.91. The molecule has 29 heavy (non-hydrogen) atoms. The lowest BCUT2D eigenvalue weighted by Crippen LogP contribution is -2.47. The van der Waals surface area contributed by atoms with Crippen molar-refractivity contribution in [2.24, 2.45) is 0 Å². The summed E-state index contributed by atoms with van der Waals surface area (Å²) < 4.78 is 41.6. The fourth-order valence-corrected chi connectivity index (χ4v) is 4.33. The highest BCUT2D eigenvalue weighted by Gasteiger charge is 2.45. The quantitative estimate of drug-likeness (QED) is 0.658. The molecule has 0 saturated heterocycles. The second-order valence-corrected chi connectivity index (χ2v) is 7.82. The van der Waals surface area contributed by atoms with E-state index >= 15 is 0 Å². The number of hydrogen-bond acceptors (Lipinski definition) is 4. The third kappa shape index (κ3) is 3.65. The Balaban J connectivity index is 1.82. The smallest absolute Gasteiger partial charge is 0.327 e. The summed E-state index contributed by atoms with van der Waals surface area (Å²) in [7, 11) is 0. The van der Waals surface area contributed by atoms with Crippen molar-refractivity contribution in [2.45, 2.75) is 64.7 Å². The molecule has 9 heteroatoms. The second-order valence-electron chi connectivity index (χ2n) is 7.82. The number of aryl methyl sites for hydroxylation is 2. The summed E-state index contributed by atoms with van der Waals surface area (Å²) >= 11 is 0. The van der Waals surface area contributed by atoms with Gasteiger partial charge in [-0.05, 0) is 60.4 Å². The Morgan fingerprint density at radius 3 is 2.59 bits per heavy atom. The molecule has 1 aliphatic rings. The average Bonchev–Trinajstić information content (AvgIpc) is 3.16. The Morgan fingerprint density at radius 2 is 1.90 bits per heavy atom. The number of hydrogen-bond donors (Lipinski definition) is 0. The van der Waals surface area contributed by atoms with Gasteiger partial charge in [-0.3, -0.25) is 4.79 Å². The largest absolute Gasteiger partial charge is 0.471 e. The van der Waals surface area contributed by atoms with Gasteiger partial charge in [-0.1, -0.05) is 25.3 Å². The molecule has 0 unspecified atom stereocenters. The third-order valence-electron chi connectivity index (χ3n) is 5.67. The van der Waals surface area contributed by atoms with Crippen LogP contribution in [0.5, 0.6) is 0 Å². The zero-order valence-electron chi connectivity index (χ0n) is 16.3. The SMILES string of the molecule is Cc1cc(C)c2cc(CN(C(=O)C(F)(F)F)C3CCCCC3)c3nnnn3c2c1. The van der Waals surface area contributed by atoms with Gasteiger partial charge in [0.15, 0.2) is 5.65 Å². The minimum absolute atomic E-state index is 0.170. The van der Waals surface area contributed by atoms with Crippen molar-refractivity contribution in [3.63, 3.8) is 0 Å². The van der Waals surface area contributed by atoms with Crippen LogP contribution in [0.4, 0.5) is 13.2 Å². The van der Waals surface area contributed by atoms with Crippen molar-refractivity contribution in [2.75, 3.05) is 0 Å². The van der Waals surface area contributed by atoms with E-state index < -0.39 is 18.1 Å². The summed E-state index contributed by atoms with van der Waals surface area (Å²) in [6.45, 7) is 3.73. The molecule has 0 atom stereocenters. The molecule has 154 valence electrons. The molecule has 0 N–H and O–H groups in total. The van der Waals surface area contributed by atoms with Crippen molar-refractivity contribution in [1.29, 1.82) is 0 Å². The lowest BCUT2D eigenvalue weighted by atomic mass is 9.93. The first-order valence-corrected chi connectivity index (χ1v) is 9.74. The van der Waals surface area contributed by atoms with E-state index in [1.807, 2.05) is 32.0 Å². The van der Waals surface area contributed by atoms with Gasteiger partial charge in [0.2, 0.25) is 0 Å². The van der Waals surface area contributed by atoms with Gasteiger partial charge in [0.1, 0.15) is 0 Å². The van der Waals surface area contributed by atoms with Gasteiger partial charge in [0.25, 0.3) is 0 Å². The van der Waals surface area contributed by atoms with Crippen molar-refractivity contribution in [3.05, 3.63) is 34.9 Å². The molecule has 0 bridgehead atoms. The Kier molecular flexibility index (Phi) is 4.92. The normalized spacial score (nSPS) is 15.9. The van der Waals surface area contributed by atoms with Gasteiger partial charge in [-0.2, -0.15) is 17.7 Å². The lowest BCUT2D eigenvalue weighted by Gasteiger charge is -2.35. The molecule has 2 heterocycles. The molecule has 3 aromatic rings. The van der Waals surface area contributed by atoms with Crippen LogP contribution in [0.2, 0.25) is 0 Å². The summed E-state index contributed by atoms with van der Waals surface area (Å²) in [5, 5.41) is 12.6. The first-order chi connectivity index (χ1) is 13.8. The van der Waals surface area contributed by atoms with E-state index in [0.29, 0.717) is 24.1 Å². The van der Waals surface area contributed by atoms with Crippen molar-refractivity contribution in [3.8, 4) is 0 Å². The van der Waals surface area contributed by atoms with E-state index in [0.717, 1.165) is 46.2 Å². The Hall–Kier alpha value is -2.71. The number of aromatic nitrogens is 4. The molecule has 1 saturated carbocycles. The molecule has 2 aromatic heterocycles. The van der Waals surface area contributed by atoms with Crippen LogP contribution in [-0.2, 0) is 11.3 Å². The number of nitrogens with zero attached hydrogens (tertiary/aromatic N) is 5. The van der Waals surface area contributed by atoms with Crippen molar-refractivity contribution >= 4 is 22.5 Å². The summed E-state index contributed by atoms with van der Waals surface area (Å²) in [4.78, 5) is 13.2. The standard InChI is InChI=1S/C20H22F3N5O/c1-12-8-13(2)16-10-14(18-24-25-26-28(18)17(16)9-12)11-27(19(29)20(21,22)23)15-6-4-3-5-7-15/h8-10,15H,3-7,11H2,1-2H3. The van der Waals surface area contributed by atoms with Crippen LogP contribution < -0.4 is 0 Å². The van der Waals surface area contributed by atoms with Crippen LogP contribution in [0.1, 0.15) is 48.8 Å². The van der Waals surface area contributed by atoms with Crippen LogP contribution in [0.25, 0.3) is 16.6 Å². The Bertz CT molecular complexity index is 1070. The molecule has 1 aromatic carbocycles. The van der Waals surface area contributed by atoms with Gasteiger partial charge >= 0.3 is 12.1 Å². The number of halogens is 3. The molecule has 1 aliphatic carbocycles. The van der Waals surface area contributed by atoms with Gasteiger partial charge in [0.05, 0.1) is 12.1 Å². The van der Waals surface area contributed by atoms with Crippen LogP contribution in [-0.4, -0.2) is 43.1 Å². The average molecular weight is 405 g/mol. The van der Waals surface area contributed by atoms with Gasteiger partial charge in [-0.25, -0.2) is 0 Å². The number of carbonyl (C=O) groups excluding carboxylic acids is 1. The molecule has 1 amide bonds. The second kappa shape index (κ2) is 7.27. The first-order valence-electron chi connectivity index (χ1n) is 9.74. The number of alkyl halides is 3. The summed E-state index contributed by atoms with van der Waals surface area (Å²) in [5.41, 5.74) is 3.69. The molecular formula is C20H22F3N5O. The fourth-order valence-electron chi connectivity index (χ4n) is 4.33. The molecule has 1 fully saturated rings. The highest BCUT2D eigenvalue weighted by Crippen LogP contribution is 2.31. The molecule has 4 rings (SSSR count). The topological polar surface area (TPSA) is 63.4 Å². The van der Waals surface area contributed by atoms with Crippen molar-refractivity contribution in [1.82, 2.24) is 24.9 Å². The molecule has 0 aliphatic heterocycles. The van der Waals surface area contributed by atoms with Crippen LogP contribution in [0.15, 0.2) is 18.2 Å². The summed E-state index contributed by atoms with van der Waals surface area (Å²) in [6, 6.07) is 5.33. The van der Waals surface area contributed by atoms with E-state index in [4.69, 9.17) is 0 Å². The fraction of sp³-hybridized carbons (Fsp3) is 0.500. The highest BCUT2D eigenvalue weighted by molar-refractivity contribution is 5.87. The minimum Gasteiger partial charge on any atom is -0.327 e. The van der Waals surface area contributed by atoms with Crippen LogP contribution >= 0.6 is 0 Å². The predicted octanol–water partition coefficient (Wildman–Crippen LogP) is 4.12. The summed E-state index contributed by atoms with van der Waals surface area (Å²) in [6.07, 6.45) is -1.13.